The predicted octanol–water partition coefficient (Wildman–Crippen LogP) is -0.527. The molecule has 0 aliphatic rings. The van der Waals surface area contributed by atoms with Crippen molar-refractivity contribution in [2.45, 2.75) is 12.6 Å². The van der Waals surface area contributed by atoms with Crippen LogP contribution >= 0.6 is 0 Å². The summed E-state index contributed by atoms with van der Waals surface area (Å²) in [6.07, 6.45) is -1.24. The molecule has 0 saturated carbocycles. The molecule has 0 amide bonds. The third-order valence-corrected chi connectivity index (χ3v) is 4.20. The quantitative estimate of drug-likeness (QED) is 0.619. The van der Waals surface area contributed by atoms with Crippen LogP contribution in [0.2, 0.25) is 0 Å². The molecular weight excluding hydrogens is 298 g/mol. The summed E-state index contributed by atoms with van der Waals surface area (Å²) in [4.78, 5) is 10.9. The van der Waals surface area contributed by atoms with Crippen molar-refractivity contribution >= 4 is 15.8 Å². The van der Waals surface area contributed by atoms with E-state index in [2.05, 4.69) is 4.74 Å². The van der Waals surface area contributed by atoms with Crippen LogP contribution < -0.4 is 10.5 Å². The topological polar surface area (TPSA) is 116 Å². The first-order chi connectivity index (χ1) is 9.88. The van der Waals surface area contributed by atoms with Gasteiger partial charge in [0, 0.05) is 12.1 Å². The maximum absolute atomic E-state index is 11.6. The van der Waals surface area contributed by atoms with Crippen molar-refractivity contribution < 1.29 is 27.8 Å². The molecule has 0 aromatic heterocycles. The van der Waals surface area contributed by atoms with E-state index in [1.165, 1.54) is 0 Å². The van der Waals surface area contributed by atoms with Crippen LogP contribution in [0.5, 0.6) is 5.75 Å². The first-order valence-electron chi connectivity index (χ1n) is 6.24. The van der Waals surface area contributed by atoms with Crippen LogP contribution in [-0.4, -0.2) is 50.8 Å². The summed E-state index contributed by atoms with van der Waals surface area (Å²) in [6.45, 7) is 0.0598. The summed E-state index contributed by atoms with van der Waals surface area (Å²) >= 11 is 0. The number of para-hydroxylation sites is 1. The van der Waals surface area contributed by atoms with Crippen LogP contribution in [0.4, 0.5) is 0 Å². The fraction of sp³-hybridized carbons (Fsp3) is 0.462. The van der Waals surface area contributed by atoms with Crippen LogP contribution in [0.3, 0.4) is 0 Å². The van der Waals surface area contributed by atoms with Crippen molar-refractivity contribution in [3.05, 3.63) is 29.8 Å². The highest BCUT2D eigenvalue weighted by Crippen LogP contribution is 2.17. The summed E-state index contributed by atoms with van der Waals surface area (Å²) in [5.41, 5.74) is 6.29. The molecule has 0 radical (unpaired) electrons. The molecule has 0 aliphatic heterocycles. The minimum atomic E-state index is -3.74. The van der Waals surface area contributed by atoms with Gasteiger partial charge in [-0.05, 0) is 6.07 Å². The molecule has 0 bridgehead atoms. The number of esters is 1. The summed E-state index contributed by atoms with van der Waals surface area (Å²) in [7, 11) is -2.64. The SMILES string of the molecule is COC(=O)CS(=O)(=O)CC(O)COc1ccccc1CN. The average Bonchev–Trinajstić information content (AvgIpc) is 2.44. The zero-order chi connectivity index (χ0) is 15.9. The van der Waals surface area contributed by atoms with Crippen LogP contribution in [0, 0.1) is 0 Å². The van der Waals surface area contributed by atoms with Crippen molar-refractivity contribution in [1.82, 2.24) is 0 Å². The number of methoxy groups -OCH3 is 1. The molecule has 0 saturated heterocycles. The molecule has 1 aromatic rings. The lowest BCUT2D eigenvalue weighted by Crippen LogP contribution is -2.31. The van der Waals surface area contributed by atoms with E-state index >= 15 is 0 Å². The molecular formula is C13H19NO6S. The Kier molecular flexibility index (Phi) is 6.60. The van der Waals surface area contributed by atoms with Crippen LogP contribution in [-0.2, 0) is 25.9 Å². The molecule has 1 rings (SSSR count). The number of benzene rings is 1. The van der Waals surface area contributed by atoms with Crippen molar-refractivity contribution in [3.8, 4) is 5.75 Å². The number of sulfone groups is 1. The lowest BCUT2D eigenvalue weighted by Gasteiger charge is -2.14. The standard InChI is InChI=1S/C13H19NO6S/c1-19-13(16)9-21(17,18)8-11(15)7-20-12-5-3-2-4-10(12)6-14/h2-5,11,15H,6-9,14H2,1H3. The summed E-state index contributed by atoms with van der Waals surface area (Å²) in [5.74, 6) is -1.71. The second-order valence-electron chi connectivity index (χ2n) is 4.41. The number of rotatable bonds is 8. The van der Waals surface area contributed by atoms with Gasteiger partial charge in [0.15, 0.2) is 9.84 Å². The minimum Gasteiger partial charge on any atom is -0.491 e. The third-order valence-electron chi connectivity index (χ3n) is 2.64. The molecule has 3 N–H and O–H groups in total. The van der Waals surface area contributed by atoms with E-state index < -0.39 is 33.4 Å². The molecule has 1 aromatic carbocycles. The van der Waals surface area contributed by atoms with E-state index in [1.807, 2.05) is 0 Å². The van der Waals surface area contributed by atoms with E-state index in [1.54, 1.807) is 24.3 Å². The van der Waals surface area contributed by atoms with Gasteiger partial charge in [-0.25, -0.2) is 8.42 Å². The lowest BCUT2D eigenvalue weighted by molar-refractivity contribution is -0.137. The number of aliphatic hydroxyl groups is 1. The highest BCUT2D eigenvalue weighted by Gasteiger charge is 2.22. The molecule has 21 heavy (non-hydrogen) atoms. The van der Waals surface area contributed by atoms with Gasteiger partial charge in [-0.15, -0.1) is 0 Å². The van der Waals surface area contributed by atoms with E-state index in [0.717, 1.165) is 12.7 Å². The average molecular weight is 317 g/mol. The summed E-state index contributed by atoms with van der Waals surface area (Å²) in [6, 6.07) is 6.99. The Morgan fingerprint density at radius 2 is 2.05 bits per heavy atom. The Morgan fingerprint density at radius 1 is 1.38 bits per heavy atom. The second-order valence-corrected chi connectivity index (χ2v) is 6.52. The number of aliphatic hydroxyl groups excluding tert-OH is 1. The number of carbonyl (C=O) groups is 1. The van der Waals surface area contributed by atoms with Gasteiger partial charge >= 0.3 is 5.97 Å². The first-order valence-corrected chi connectivity index (χ1v) is 8.06. The Balaban J connectivity index is 2.54. The lowest BCUT2D eigenvalue weighted by atomic mass is 10.2. The molecule has 8 heteroatoms. The zero-order valence-corrected chi connectivity index (χ0v) is 12.5. The van der Waals surface area contributed by atoms with Crippen molar-refractivity contribution in [3.63, 3.8) is 0 Å². The highest BCUT2D eigenvalue weighted by atomic mass is 32.2. The normalized spacial score (nSPS) is 12.7. The third kappa shape index (κ3) is 6.11. The monoisotopic (exact) mass is 317 g/mol. The van der Waals surface area contributed by atoms with Gasteiger partial charge in [0.05, 0.1) is 12.9 Å². The summed E-state index contributed by atoms with van der Waals surface area (Å²) < 4.78 is 32.9. The molecule has 0 aliphatic carbocycles. The Labute approximate surface area is 123 Å². The summed E-state index contributed by atoms with van der Waals surface area (Å²) in [5, 5.41) is 9.71. The Hall–Kier alpha value is -1.64. The largest absolute Gasteiger partial charge is 0.491 e. The molecule has 0 spiro atoms. The molecule has 118 valence electrons. The maximum Gasteiger partial charge on any atom is 0.320 e. The van der Waals surface area contributed by atoms with Gasteiger partial charge in [-0.1, -0.05) is 18.2 Å². The smallest absolute Gasteiger partial charge is 0.320 e. The Morgan fingerprint density at radius 3 is 2.67 bits per heavy atom. The van der Waals surface area contributed by atoms with E-state index in [9.17, 15) is 18.3 Å². The van der Waals surface area contributed by atoms with Gasteiger partial charge in [0.1, 0.15) is 24.2 Å². The number of ether oxygens (including phenoxy) is 2. The zero-order valence-electron chi connectivity index (χ0n) is 11.7. The molecule has 1 unspecified atom stereocenters. The second kappa shape index (κ2) is 7.96. The van der Waals surface area contributed by atoms with Crippen molar-refractivity contribution in [1.29, 1.82) is 0 Å². The molecule has 0 heterocycles. The predicted molar refractivity (Wildman–Crippen MR) is 76.5 cm³/mol. The molecule has 1 atom stereocenters. The highest BCUT2D eigenvalue weighted by molar-refractivity contribution is 7.92. The molecule has 0 fully saturated rings. The van der Waals surface area contributed by atoms with E-state index in [4.69, 9.17) is 10.5 Å². The Bertz CT molecular complexity index is 572. The van der Waals surface area contributed by atoms with Gasteiger partial charge < -0.3 is 20.3 Å². The molecule has 7 nitrogen and oxygen atoms in total. The van der Waals surface area contributed by atoms with Gasteiger partial charge in [-0.2, -0.15) is 0 Å². The van der Waals surface area contributed by atoms with Gasteiger partial charge in [0.25, 0.3) is 0 Å². The van der Waals surface area contributed by atoms with Crippen LogP contribution in [0.1, 0.15) is 5.56 Å². The number of nitrogens with two attached hydrogens (primary N) is 1. The number of hydrogen-bond acceptors (Lipinski definition) is 7. The fourth-order valence-corrected chi connectivity index (χ4v) is 2.92. The minimum absolute atomic E-state index is 0.211. The van der Waals surface area contributed by atoms with Crippen LogP contribution in [0.15, 0.2) is 24.3 Å². The fourth-order valence-electron chi connectivity index (χ4n) is 1.64. The number of hydrogen-bond donors (Lipinski definition) is 2. The van der Waals surface area contributed by atoms with E-state index in [0.29, 0.717) is 5.75 Å². The van der Waals surface area contributed by atoms with Crippen LogP contribution in [0.25, 0.3) is 0 Å². The van der Waals surface area contributed by atoms with E-state index in [-0.39, 0.29) is 13.2 Å². The number of carbonyl (C=O) groups excluding carboxylic acids is 1. The first kappa shape index (κ1) is 17.4. The maximum atomic E-state index is 11.6. The van der Waals surface area contributed by atoms with Gasteiger partial charge in [0.2, 0.25) is 0 Å². The van der Waals surface area contributed by atoms with Crippen molar-refractivity contribution in [2.75, 3.05) is 25.2 Å². The van der Waals surface area contributed by atoms with Gasteiger partial charge in [-0.3, -0.25) is 4.79 Å². The van der Waals surface area contributed by atoms with Crippen molar-refractivity contribution in [2.24, 2.45) is 5.73 Å².